The molecule has 0 saturated heterocycles. The van der Waals surface area contributed by atoms with E-state index in [9.17, 15) is 9.18 Å². The van der Waals surface area contributed by atoms with Gasteiger partial charge in [-0.15, -0.1) is 0 Å². The first kappa shape index (κ1) is 28.7. The van der Waals surface area contributed by atoms with Crippen LogP contribution in [0.15, 0.2) is 61.1 Å². The molecule has 10 nitrogen and oxygen atoms in total. The van der Waals surface area contributed by atoms with E-state index in [0.29, 0.717) is 35.2 Å². The van der Waals surface area contributed by atoms with Gasteiger partial charge in [-0.1, -0.05) is 31.8 Å². The molecule has 0 bridgehead atoms. The number of rotatable bonds is 12. The second kappa shape index (κ2) is 12.3. The van der Waals surface area contributed by atoms with Crippen LogP contribution in [0.1, 0.15) is 28.9 Å². The van der Waals surface area contributed by atoms with Crippen molar-refractivity contribution in [3.63, 3.8) is 0 Å². The normalized spacial score (nSPS) is 12.2. The number of hydrogen-bond acceptors (Lipinski definition) is 8. The molecular formula is C28H34FN7O3Si. The lowest BCUT2D eigenvalue weighted by Crippen LogP contribution is -2.22. The molecule has 2 aromatic carbocycles. The summed E-state index contributed by atoms with van der Waals surface area (Å²) in [4.78, 5) is 21.2. The van der Waals surface area contributed by atoms with Gasteiger partial charge in [0.1, 0.15) is 47.3 Å². The van der Waals surface area contributed by atoms with E-state index in [1.807, 2.05) is 6.92 Å². The molecule has 12 heteroatoms. The Labute approximate surface area is 233 Å². The SMILES string of the molecule is C[C@H](Oc1cc(N)ccc1-c1nn(COCC[Si](C)(C)C)c(Nc2cnccn2)c1C(N)=O)c1ccc(F)cc1. The minimum Gasteiger partial charge on any atom is -0.485 e. The number of nitrogens with one attached hydrogen (secondary N) is 1. The van der Waals surface area contributed by atoms with E-state index in [1.54, 1.807) is 36.5 Å². The summed E-state index contributed by atoms with van der Waals surface area (Å²) in [5.74, 6) is 0.0510. The number of carbonyl (C=O) groups is 1. The zero-order valence-corrected chi connectivity index (χ0v) is 24.0. The Morgan fingerprint density at radius 1 is 1.15 bits per heavy atom. The predicted molar refractivity (Wildman–Crippen MR) is 155 cm³/mol. The smallest absolute Gasteiger partial charge is 0.254 e. The Bertz CT molecular complexity index is 1460. The number of aromatic nitrogens is 4. The number of hydrogen-bond donors (Lipinski definition) is 3. The summed E-state index contributed by atoms with van der Waals surface area (Å²) in [6.45, 7) is 9.26. The second-order valence-corrected chi connectivity index (χ2v) is 16.2. The maximum atomic E-state index is 13.5. The van der Waals surface area contributed by atoms with Gasteiger partial charge in [0.15, 0.2) is 0 Å². The predicted octanol–water partition coefficient (Wildman–Crippen LogP) is 5.36. The lowest BCUT2D eigenvalue weighted by Gasteiger charge is -2.18. The van der Waals surface area contributed by atoms with Crippen LogP contribution in [0.5, 0.6) is 5.75 Å². The molecule has 0 aliphatic rings. The monoisotopic (exact) mass is 563 g/mol. The summed E-state index contributed by atoms with van der Waals surface area (Å²) in [5.41, 5.74) is 14.1. The largest absolute Gasteiger partial charge is 0.485 e. The number of carbonyl (C=O) groups excluding carboxylic acids is 1. The maximum absolute atomic E-state index is 13.5. The molecule has 2 heterocycles. The minimum absolute atomic E-state index is 0.0739. The van der Waals surface area contributed by atoms with Crippen molar-refractivity contribution in [1.82, 2.24) is 19.7 Å². The van der Waals surface area contributed by atoms with Crippen molar-refractivity contribution >= 4 is 31.3 Å². The Morgan fingerprint density at radius 3 is 2.55 bits per heavy atom. The molecule has 2 aromatic heterocycles. The highest BCUT2D eigenvalue weighted by Crippen LogP contribution is 2.38. The van der Waals surface area contributed by atoms with E-state index in [0.717, 1.165) is 11.6 Å². The zero-order valence-electron chi connectivity index (χ0n) is 23.0. The fourth-order valence-electron chi connectivity index (χ4n) is 3.94. The van der Waals surface area contributed by atoms with Gasteiger partial charge in [-0.2, -0.15) is 5.10 Å². The summed E-state index contributed by atoms with van der Waals surface area (Å²) < 4.78 is 27.2. The summed E-state index contributed by atoms with van der Waals surface area (Å²) >= 11 is 0. The molecule has 5 N–H and O–H groups in total. The lowest BCUT2D eigenvalue weighted by molar-refractivity contribution is 0.0802. The third-order valence-electron chi connectivity index (χ3n) is 6.12. The van der Waals surface area contributed by atoms with E-state index >= 15 is 0 Å². The maximum Gasteiger partial charge on any atom is 0.254 e. The molecule has 4 rings (SSSR count). The molecule has 0 radical (unpaired) electrons. The van der Waals surface area contributed by atoms with Gasteiger partial charge in [0, 0.05) is 44.4 Å². The van der Waals surface area contributed by atoms with E-state index in [-0.39, 0.29) is 23.8 Å². The van der Waals surface area contributed by atoms with E-state index in [1.165, 1.54) is 29.2 Å². The molecule has 0 unspecified atom stereocenters. The number of ether oxygens (including phenoxy) is 2. The van der Waals surface area contributed by atoms with Crippen molar-refractivity contribution in [3.05, 3.63) is 78.0 Å². The van der Waals surface area contributed by atoms with E-state index in [2.05, 4.69) is 34.9 Å². The molecule has 1 atom stereocenters. The fraction of sp³-hybridized carbons (Fsp3) is 0.286. The standard InChI is InChI=1S/C28H34FN7O3Si/c1-18(19-5-7-20(29)8-6-19)39-23-15-21(30)9-10-22(23)26-25(27(31)37)28(34-24-16-32-11-12-33-24)36(35-26)17-38-13-14-40(2,3)4/h5-12,15-16,18H,13-14,17,30H2,1-4H3,(H2,31,37)(H,33,34)/t18-/m0/s1. The Hall–Kier alpha value is -4.29. The number of nitrogen functional groups attached to an aromatic ring is 1. The first-order chi connectivity index (χ1) is 19.0. The van der Waals surface area contributed by atoms with E-state index < -0.39 is 20.1 Å². The van der Waals surface area contributed by atoms with Crippen molar-refractivity contribution in [3.8, 4) is 17.0 Å². The highest BCUT2D eigenvalue weighted by atomic mass is 28.3. The molecule has 1 amide bonds. The van der Waals surface area contributed by atoms with Gasteiger partial charge in [0.25, 0.3) is 5.91 Å². The number of halogens is 1. The van der Waals surface area contributed by atoms with Crippen molar-refractivity contribution in [2.75, 3.05) is 17.7 Å². The third kappa shape index (κ3) is 7.21. The number of amides is 1. The van der Waals surface area contributed by atoms with Gasteiger partial charge >= 0.3 is 0 Å². The molecular weight excluding hydrogens is 529 g/mol. The van der Waals surface area contributed by atoms with Gasteiger partial charge in [0.05, 0.1) is 6.20 Å². The van der Waals surface area contributed by atoms with Crippen LogP contribution < -0.4 is 21.5 Å². The van der Waals surface area contributed by atoms with Gasteiger partial charge in [0.2, 0.25) is 0 Å². The van der Waals surface area contributed by atoms with Crippen LogP contribution in [-0.4, -0.2) is 40.3 Å². The summed E-state index contributed by atoms with van der Waals surface area (Å²) in [6.07, 6.45) is 4.14. The summed E-state index contributed by atoms with van der Waals surface area (Å²) in [6, 6.07) is 12.1. The van der Waals surface area contributed by atoms with Gasteiger partial charge < -0.3 is 26.3 Å². The van der Waals surface area contributed by atoms with Crippen LogP contribution in [0, 0.1) is 5.82 Å². The van der Waals surface area contributed by atoms with E-state index in [4.69, 9.17) is 26.0 Å². The molecule has 0 aliphatic carbocycles. The Morgan fingerprint density at radius 2 is 1.90 bits per heavy atom. The van der Waals surface area contributed by atoms with Crippen LogP contribution in [0.3, 0.4) is 0 Å². The molecule has 0 saturated carbocycles. The van der Waals surface area contributed by atoms with Crippen molar-refractivity contribution in [2.45, 2.75) is 45.4 Å². The highest BCUT2D eigenvalue weighted by Gasteiger charge is 2.27. The fourth-order valence-corrected chi connectivity index (χ4v) is 4.70. The Kier molecular flexibility index (Phi) is 8.80. The van der Waals surface area contributed by atoms with Crippen LogP contribution >= 0.6 is 0 Å². The van der Waals surface area contributed by atoms with Crippen LogP contribution in [0.25, 0.3) is 11.3 Å². The zero-order chi connectivity index (χ0) is 28.9. The lowest BCUT2D eigenvalue weighted by atomic mass is 10.0. The molecule has 0 spiro atoms. The van der Waals surface area contributed by atoms with Gasteiger partial charge in [-0.05, 0) is 42.8 Å². The topological polar surface area (TPSA) is 143 Å². The first-order valence-corrected chi connectivity index (χ1v) is 16.6. The van der Waals surface area contributed by atoms with Crippen molar-refractivity contribution < 1.29 is 18.7 Å². The second-order valence-electron chi connectivity index (χ2n) is 10.6. The third-order valence-corrected chi connectivity index (χ3v) is 7.83. The Balaban J connectivity index is 1.76. The number of anilines is 3. The van der Waals surface area contributed by atoms with Crippen LogP contribution in [-0.2, 0) is 11.5 Å². The average Bonchev–Trinajstić information content (AvgIpc) is 3.25. The highest BCUT2D eigenvalue weighted by molar-refractivity contribution is 6.76. The number of nitrogens with zero attached hydrogens (tertiary/aromatic N) is 4. The summed E-state index contributed by atoms with van der Waals surface area (Å²) in [7, 11) is -1.32. The van der Waals surface area contributed by atoms with Crippen LogP contribution in [0.4, 0.5) is 21.7 Å². The summed E-state index contributed by atoms with van der Waals surface area (Å²) in [5, 5.41) is 7.86. The first-order valence-electron chi connectivity index (χ1n) is 12.9. The molecule has 210 valence electrons. The number of primary amides is 1. The van der Waals surface area contributed by atoms with Gasteiger partial charge in [-0.25, -0.2) is 14.1 Å². The molecule has 0 aliphatic heterocycles. The average molecular weight is 564 g/mol. The molecule has 4 aromatic rings. The van der Waals surface area contributed by atoms with Gasteiger partial charge in [-0.3, -0.25) is 9.78 Å². The van der Waals surface area contributed by atoms with Crippen molar-refractivity contribution in [2.24, 2.45) is 5.73 Å². The molecule has 40 heavy (non-hydrogen) atoms. The van der Waals surface area contributed by atoms with Crippen LogP contribution in [0.2, 0.25) is 25.7 Å². The number of benzene rings is 2. The molecule has 0 fully saturated rings. The van der Waals surface area contributed by atoms with Crippen molar-refractivity contribution in [1.29, 1.82) is 0 Å². The minimum atomic E-state index is -1.32. The quantitative estimate of drug-likeness (QED) is 0.119. The number of nitrogens with two attached hydrogens (primary N) is 2.